The summed E-state index contributed by atoms with van der Waals surface area (Å²) in [6, 6.07) is 10.7. The predicted octanol–water partition coefficient (Wildman–Crippen LogP) is 3.42. The Balaban J connectivity index is 2.47. The summed E-state index contributed by atoms with van der Waals surface area (Å²) in [5.74, 6) is 3.65. The molecule has 0 radical (unpaired) electrons. The van der Waals surface area contributed by atoms with Crippen LogP contribution in [0.5, 0.6) is 0 Å². The van der Waals surface area contributed by atoms with Gasteiger partial charge in [-0.15, -0.1) is 17.3 Å². The van der Waals surface area contributed by atoms with Crippen LogP contribution in [0.2, 0.25) is 19.6 Å². The van der Waals surface area contributed by atoms with Crippen molar-refractivity contribution in [3.8, 4) is 11.5 Å². The van der Waals surface area contributed by atoms with Gasteiger partial charge in [-0.25, -0.2) is 0 Å². The van der Waals surface area contributed by atoms with Crippen molar-refractivity contribution >= 4 is 19.8 Å². The van der Waals surface area contributed by atoms with Crippen molar-refractivity contribution in [2.24, 2.45) is 0 Å². The first-order valence-corrected chi connectivity index (χ1v) is 12.2. The van der Waals surface area contributed by atoms with E-state index in [-0.39, 0.29) is 4.87 Å². The smallest absolute Gasteiger partial charge is 0.154 e. The number of thioether (sulfide) groups is 1. The monoisotopic (exact) mass is 319 g/mol. The van der Waals surface area contributed by atoms with Crippen LogP contribution in [0.25, 0.3) is 0 Å². The fourth-order valence-electron chi connectivity index (χ4n) is 2.45. The molecular weight excluding hydrogens is 294 g/mol. The molecule has 0 N–H and O–H groups in total. The largest absolute Gasteiger partial charge is 0.379 e. The second kappa shape index (κ2) is 7.02. The van der Waals surface area contributed by atoms with Gasteiger partial charge < -0.3 is 4.74 Å². The molecule has 21 heavy (non-hydrogen) atoms. The van der Waals surface area contributed by atoms with Crippen LogP contribution in [0.4, 0.5) is 0 Å². The Kier molecular flexibility index (Phi) is 5.56. The van der Waals surface area contributed by atoms with Crippen molar-refractivity contribution in [3.05, 3.63) is 35.9 Å². The summed E-state index contributed by atoms with van der Waals surface area (Å²) in [6.45, 7) is 10.4. The van der Waals surface area contributed by atoms with Crippen LogP contribution in [-0.2, 0) is 9.61 Å². The van der Waals surface area contributed by atoms with Crippen molar-refractivity contribution in [1.29, 1.82) is 0 Å². The van der Waals surface area contributed by atoms with Gasteiger partial charge >= 0.3 is 0 Å². The van der Waals surface area contributed by atoms with Gasteiger partial charge in [0.2, 0.25) is 0 Å². The standard InChI is InChI=1S/C17H25NOSSi/c1-20-17(10-15-21(2,3)4,16-8-6-5-7-9-16)18-11-13-19-14-12-18/h5-9H,11-14H2,1-4H3. The number of nitrogens with zero attached hydrogens (tertiary/aromatic N) is 1. The topological polar surface area (TPSA) is 12.5 Å². The summed E-state index contributed by atoms with van der Waals surface area (Å²) < 4.78 is 5.53. The van der Waals surface area contributed by atoms with Crippen LogP contribution in [0.15, 0.2) is 30.3 Å². The molecule has 0 spiro atoms. The fraction of sp³-hybridized carbons (Fsp3) is 0.529. The maximum Gasteiger partial charge on any atom is 0.154 e. The average Bonchev–Trinajstić information content (AvgIpc) is 2.49. The van der Waals surface area contributed by atoms with Gasteiger partial charge in [0.05, 0.1) is 13.2 Å². The fourth-order valence-corrected chi connectivity index (χ4v) is 4.06. The third kappa shape index (κ3) is 4.14. The van der Waals surface area contributed by atoms with Crippen LogP contribution in [0.3, 0.4) is 0 Å². The van der Waals surface area contributed by atoms with Crippen LogP contribution in [0.1, 0.15) is 5.56 Å². The first kappa shape index (κ1) is 16.6. The van der Waals surface area contributed by atoms with E-state index in [1.54, 1.807) is 0 Å². The van der Waals surface area contributed by atoms with Crippen LogP contribution >= 0.6 is 11.8 Å². The van der Waals surface area contributed by atoms with Crippen LogP contribution < -0.4 is 0 Å². The van der Waals surface area contributed by atoms with Gasteiger partial charge in [-0.2, -0.15) is 0 Å². The maximum absolute atomic E-state index is 5.53. The van der Waals surface area contributed by atoms with Gasteiger partial charge in [0.25, 0.3) is 0 Å². The summed E-state index contributed by atoms with van der Waals surface area (Å²) in [5.41, 5.74) is 4.88. The molecule has 1 aliphatic heterocycles. The van der Waals surface area contributed by atoms with Gasteiger partial charge in [0, 0.05) is 13.1 Å². The Hall–Kier alpha value is -0.733. The lowest BCUT2D eigenvalue weighted by Crippen LogP contribution is -2.49. The minimum atomic E-state index is -1.41. The van der Waals surface area contributed by atoms with E-state index >= 15 is 0 Å². The quantitative estimate of drug-likeness (QED) is 0.626. The van der Waals surface area contributed by atoms with Gasteiger partial charge in [-0.1, -0.05) is 55.9 Å². The maximum atomic E-state index is 5.53. The van der Waals surface area contributed by atoms with Crippen molar-refractivity contribution in [3.63, 3.8) is 0 Å². The second-order valence-corrected chi connectivity index (χ2v) is 12.1. The summed E-state index contributed by atoms with van der Waals surface area (Å²) in [6.07, 6.45) is 2.17. The lowest BCUT2D eigenvalue weighted by Gasteiger charge is -2.41. The molecule has 1 aromatic carbocycles. The summed E-state index contributed by atoms with van der Waals surface area (Å²) in [7, 11) is -1.41. The first-order chi connectivity index (χ1) is 9.98. The Morgan fingerprint density at radius 2 is 1.76 bits per heavy atom. The van der Waals surface area contributed by atoms with E-state index in [9.17, 15) is 0 Å². The minimum Gasteiger partial charge on any atom is -0.379 e. The Morgan fingerprint density at radius 1 is 1.14 bits per heavy atom. The first-order valence-electron chi connectivity index (χ1n) is 7.46. The van der Waals surface area contributed by atoms with Crippen molar-refractivity contribution in [1.82, 2.24) is 4.90 Å². The zero-order valence-corrected chi connectivity index (χ0v) is 15.3. The Labute approximate surface area is 134 Å². The van der Waals surface area contributed by atoms with E-state index in [2.05, 4.69) is 72.6 Å². The number of ether oxygens (including phenoxy) is 1. The highest BCUT2D eigenvalue weighted by molar-refractivity contribution is 7.99. The molecule has 1 heterocycles. The molecule has 1 unspecified atom stereocenters. The third-order valence-electron chi connectivity index (χ3n) is 3.52. The van der Waals surface area contributed by atoms with Crippen molar-refractivity contribution in [2.75, 3.05) is 32.6 Å². The van der Waals surface area contributed by atoms with Crippen LogP contribution in [-0.4, -0.2) is 45.5 Å². The van der Waals surface area contributed by atoms with Gasteiger partial charge in [0.1, 0.15) is 8.07 Å². The van der Waals surface area contributed by atoms with E-state index in [1.807, 2.05) is 11.8 Å². The van der Waals surface area contributed by atoms with Gasteiger partial charge in [-0.05, 0) is 11.8 Å². The molecule has 2 rings (SSSR count). The van der Waals surface area contributed by atoms with E-state index in [0.29, 0.717) is 0 Å². The van der Waals surface area contributed by atoms with Crippen molar-refractivity contribution < 1.29 is 4.74 Å². The SMILES string of the molecule is CSC(C#C[Si](C)(C)C)(c1ccccc1)N1CCOCC1. The molecule has 1 saturated heterocycles. The summed E-state index contributed by atoms with van der Waals surface area (Å²) >= 11 is 1.84. The van der Waals surface area contributed by atoms with E-state index in [4.69, 9.17) is 4.74 Å². The highest BCUT2D eigenvalue weighted by Crippen LogP contribution is 2.38. The summed E-state index contributed by atoms with van der Waals surface area (Å²) in [4.78, 5) is 2.23. The third-order valence-corrected chi connectivity index (χ3v) is 5.59. The molecule has 1 atom stereocenters. The molecule has 114 valence electrons. The molecule has 1 aromatic rings. The summed E-state index contributed by atoms with van der Waals surface area (Å²) in [5, 5.41) is 0. The van der Waals surface area contributed by atoms with E-state index in [1.165, 1.54) is 5.56 Å². The molecule has 0 amide bonds. The molecular formula is C17H25NOSSi. The molecule has 0 bridgehead atoms. The number of hydrogen-bond donors (Lipinski definition) is 0. The Bertz CT molecular complexity index is 511. The molecule has 4 heteroatoms. The molecule has 1 fully saturated rings. The molecule has 0 aromatic heterocycles. The highest BCUT2D eigenvalue weighted by atomic mass is 32.2. The van der Waals surface area contributed by atoms with E-state index < -0.39 is 8.07 Å². The van der Waals surface area contributed by atoms with Gasteiger partial charge in [0.15, 0.2) is 4.87 Å². The van der Waals surface area contributed by atoms with Gasteiger partial charge in [-0.3, -0.25) is 4.90 Å². The molecule has 0 aliphatic carbocycles. The molecule has 2 nitrogen and oxygen atoms in total. The van der Waals surface area contributed by atoms with E-state index in [0.717, 1.165) is 26.3 Å². The lowest BCUT2D eigenvalue weighted by atomic mass is 10.0. The lowest BCUT2D eigenvalue weighted by molar-refractivity contribution is 0.0195. The van der Waals surface area contributed by atoms with Crippen molar-refractivity contribution in [2.45, 2.75) is 24.5 Å². The van der Waals surface area contributed by atoms with Crippen LogP contribution in [0, 0.1) is 11.5 Å². The highest BCUT2D eigenvalue weighted by Gasteiger charge is 2.37. The number of benzene rings is 1. The number of hydrogen-bond acceptors (Lipinski definition) is 3. The molecule has 1 aliphatic rings. The average molecular weight is 320 g/mol. The zero-order chi connectivity index (χ0) is 15.3. The zero-order valence-electron chi connectivity index (χ0n) is 13.5. The normalized spacial score (nSPS) is 19.4. The second-order valence-electron chi connectivity index (χ2n) is 6.31. The predicted molar refractivity (Wildman–Crippen MR) is 95.1 cm³/mol. The minimum absolute atomic E-state index is 0.245. The molecule has 0 saturated carbocycles. The Morgan fingerprint density at radius 3 is 2.29 bits per heavy atom. The number of rotatable bonds is 3. The number of morpholine rings is 1.